The molecule has 1 aliphatic rings. The molecule has 6 heteroatoms. The lowest BCUT2D eigenvalue weighted by Crippen LogP contribution is -2.17. The molecule has 2 aromatic rings. The zero-order chi connectivity index (χ0) is 15.7. The van der Waals surface area contributed by atoms with Gasteiger partial charge in [-0.25, -0.2) is 0 Å². The molecule has 2 N–H and O–H groups in total. The summed E-state index contributed by atoms with van der Waals surface area (Å²) >= 11 is 0. The Kier molecular flexibility index (Phi) is 3.70. The van der Waals surface area contributed by atoms with E-state index in [1.54, 1.807) is 12.1 Å². The number of aliphatic hydroxyl groups is 1. The minimum atomic E-state index is -0.392. The number of aryl methyl sites for hydroxylation is 1. The van der Waals surface area contributed by atoms with E-state index in [4.69, 9.17) is 5.11 Å². The summed E-state index contributed by atoms with van der Waals surface area (Å²) in [7, 11) is 0. The molecule has 0 aliphatic heterocycles. The number of pyridine rings is 1. The summed E-state index contributed by atoms with van der Waals surface area (Å²) < 4.78 is 0. The van der Waals surface area contributed by atoms with E-state index < -0.39 is 4.92 Å². The Morgan fingerprint density at radius 1 is 1.41 bits per heavy atom. The number of aromatic nitrogens is 1. The van der Waals surface area contributed by atoms with Gasteiger partial charge in [0.1, 0.15) is 0 Å². The van der Waals surface area contributed by atoms with Gasteiger partial charge in [-0.15, -0.1) is 0 Å². The van der Waals surface area contributed by atoms with Crippen LogP contribution in [0.4, 0.5) is 11.4 Å². The van der Waals surface area contributed by atoms with Crippen molar-refractivity contribution in [1.29, 1.82) is 0 Å². The third-order valence-electron chi connectivity index (χ3n) is 4.38. The number of fused-ring (bicyclic) bond motifs is 1. The highest BCUT2D eigenvalue weighted by molar-refractivity contribution is 5.93. The molecular formula is C16H19N3O3. The third-order valence-corrected chi connectivity index (χ3v) is 4.38. The van der Waals surface area contributed by atoms with Crippen LogP contribution in [0, 0.1) is 22.5 Å². The van der Waals surface area contributed by atoms with E-state index in [2.05, 4.69) is 10.3 Å². The van der Waals surface area contributed by atoms with Crippen LogP contribution in [-0.2, 0) is 0 Å². The van der Waals surface area contributed by atoms with Crippen LogP contribution >= 0.6 is 0 Å². The third kappa shape index (κ3) is 2.87. The van der Waals surface area contributed by atoms with Gasteiger partial charge in [-0.1, -0.05) is 0 Å². The predicted octanol–water partition coefficient (Wildman–Crippen LogP) is 3.03. The van der Waals surface area contributed by atoms with Crippen LogP contribution in [0.2, 0.25) is 0 Å². The molecule has 1 heterocycles. The van der Waals surface area contributed by atoms with Crippen molar-refractivity contribution in [3.63, 3.8) is 0 Å². The van der Waals surface area contributed by atoms with Gasteiger partial charge in [-0.2, -0.15) is 0 Å². The molecule has 6 nitrogen and oxygen atoms in total. The molecule has 1 fully saturated rings. The molecule has 1 aromatic heterocycles. The fourth-order valence-electron chi connectivity index (χ4n) is 2.82. The standard InChI is InChI=1S/C16H19N3O3/c1-11-8-15(17-10-16(4-5-16)6-7-20)13-9-12(19(21)22)2-3-14(13)18-11/h2-3,8-9,20H,4-7,10H2,1H3,(H,17,18). The zero-order valence-corrected chi connectivity index (χ0v) is 12.5. The molecule has 0 amide bonds. The Morgan fingerprint density at radius 3 is 2.82 bits per heavy atom. The maximum absolute atomic E-state index is 11.0. The average Bonchev–Trinajstić information content (AvgIpc) is 3.24. The first kappa shape index (κ1) is 14.7. The molecule has 0 radical (unpaired) electrons. The Hall–Kier alpha value is -2.21. The number of nitrogens with one attached hydrogen (secondary N) is 1. The number of non-ortho nitro benzene ring substituents is 1. The van der Waals surface area contributed by atoms with Gasteiger partial charge in [0, 0.05) is 42.1 Å². The fraction of sp³-hybridized carbons (Fsp3) is 0.438. The van der Waals surface area contributed by atoms with Crippen LogP contribution in [0.3, 0.4) is 0 Å². The van der Waals surface area contributed by atoms with E-state index in [1.165, 1.54) is 6.07 Å². The number of nitro benzene ring substituents is 1. The Bertz CT molecular complexity index is 726. The van der Waals surface area contributed by atoms with Gasteiger partial charge in [-0.3, -0.25) is 15.1 Å². The van der Waals surface area contributed by atoms with Crippen LogP contribution in [0.1, 0.15) is 25.0 Å². The van der Waals surface area contributed by atoms with E-state index in [9.17, 15) is 10.1 Å². The lowest BCUT2D eigenvalue weighted by atomic mass is 10.0. The molecule has 0 unspecified atom stereocenters. The van der Waals surface area contributed by atoms with Gasteiger partial charge >= 0.3 is 0 Å². The number of nitrogens with zero attached hydrogens (tertiary/aromatic N) is 2. The van der Waals surface area contributed by atoms with Crippen molar-refractivity contribution in [2.24, 2.45) is 5.41 Å². The highest BCUT2D eigenvalue weighted by Gasteiger charge is 2.41. The molecular weight excluding hydrogens is 282 g/mol. The second kappa shape index (κ2) is 5.53. The number of aliphatic hydroxyl groups excluding tert-OH is 1. The van der Waals surface area contributed by atoms with Crippen molar-refractivity contribution in [2.75, 3.05) is 18.5 Å². The Morgan fingerprint density at radius 2 is 2.18 bits per heavy atom. The highest BCUT2D eigenvalue weighted by Crippen LogP contribution is 2.48. The van der Waals surface area contributed by atoms with Crippen LogP contribution in [0.15, 0.2) is 24.3 Å². The first-order valence-corrected chi connectivity index (χ1v) is 7.44. The second-order valence-corrected chi connectivity index (χ2v) is 6.10. The number of benzene rings is 1. The fourth-order valence-corrected chi connectivity index (χ4v) is 2.82. The molecule has 3 rings (SSSR count). The SMILES string of the molecule is Cc1cc(NCC2(CCO)CC2)c2cc([N+](=O)[O-])ccc2n1. The molecule has 116 valence electrons. The van der Waals surface area contributed by atoms with E-state index >= 15 is 0 Å². The second-order valence-electron chi connectivity index (χ2n) is 6.10. The van der Waals surface area contributed by atoms with Gasteiger partial charge in [0.2, 0.25) is 0 Å². The summed E-state index contributed by atoms with van der Waals surface area (Å²) in [5.41, 5.74) is 2.74. The van der Waals surface area contributed by atoms with Gasteiger partial charge in [-0.05, 0) is 43.7 Å². The predicted molar refractivity (Wildman–Crippen MR) is 85.0 cm³/mol. The lowest BCUT2D eigenvalue weighted by Gasteiger charge is -2.17. The monoisotopic (exact) mass is 301 g/mol. The number of hydrogen-bond acceptors (Lipinski definition) is 5. The largest absolute Gasteiger partial charge is 0.396 e. The number of hydrogen-bond donors (Lipinski definition) is 2. The van der Waals surface area contributed by atoms with Crippen molar-refractivity contribution >= 4 is 22.3 Å². The highest BCUT2D eigenvalue weighted by atomic mass is 16.6. The van der Waals surface area contributed by atoms with Crippen LogP contribution in [0.25, 0.3) is 10.9 Å². The zero-order valence-electron chi connectivity index (χ0n) is 12.5. The summed E-state index contributed by atoms with van der Waals surface area (Å²) in [5.74, 6) is 0. The molecule has 1 aliphatic carbocycles. The summed E-state index contributed by atoms with van der Waals surface area (Å²) in [4.78, 5) is 15.0. The van der Waals surface area contributed by atoms with Gasteiger partial charge < -0.3 is 10.4 Å². The Balaban J connectivity index is 1.93. The average molecular weight is 301 g/mol. The first-order chi connectivity index (χ1) is 10.5. The summed E-state index contributed by atoms with van der Waals surface area (Å²) in [5, 5.41) is 24.3. The van der Waals surface area contributed by atoms with Gasteiger partial charge in [0.25, 0.3) is 5.69 Å². The Labute approximate surface area is 128 Å². The molecule has 1 aromatic carbocycles. The smallest absolute Gasteiger partial charge is 0.270 e. The minimum Gasteiger partial charge on any atom is -0.396 e. The molecule has 0 saturated heterocycles. The van der Waals surface area contributed by atoms with E-state index in [-0.39, 0.29) is 17.7 Å². The van der Waals surface area contributed by atoms with Crippen molar-refractivity contribution in [3.05, 3.63) is 40.1 Å². The molecule has 0 bridgehead atoms. The molecule has 22 heavy (non-hydrogen) atoms. The van der Waals surface area contributed by atoms with Crippen molar-refractivity contribution in [2.45, 2.75) is 26.2 Å². The quantitative estimate of drug-likeness (QED) is 0.632. The normalized spacial score (nSPS) is 15.7. The maximum Gasteiger partial charge on any atom is 0.270 e. The topological polar surface area (TPSA) is 88.3 Å². The van der Waals surface area contributed by atoms with E-state index in [0.29, 0.717) is 0 Å². The van der Waals surface area contributed by atoms with Crippen LogP contribution < -0.4 is 5.32 Å². The van der Waals surface area contributed by atoms with Crippen molar-refractivity contribution < 1.29 is 10.0 Å². The lowest BCUT2D eigenvalue weighted by molar-refractivity contribution is -0.384. The molecule has 0 atom stereocenters. The van der Waals surface area contributed by atoms with E-state index in [0.717, 1.165) is 48.1 Å². The summed E-state index contributed by atoms with van der Waals surface area (Å²) in [6.07, 6.45) is 3.02. The van der Waals surface area contributed by atoms with Gasteiger partial charge in [0.15, 0.2) is 0 Å². The van der Waals surface area contributed by atoms with Crippen molar-refractivity contribution in [1.82, 2.24) is 4.98 Å². The summed E-state index contributed by atoms with van der Waals surface area (Å²) in [6.45, 7) is 2.88. The van der Waals surface area contributed by atoms with Crippen LogP contribution in [-0.4, -0.2) is 28.2 Å². The number of rotatable bonds is 6. The van der Waals surface area contributed by atoms with Crippen LogP contribution in [0.5, 0.6) is 0 Å². The summed E-state index contributed by atoms with van der Waals surface area (Å²) in [6, 6.07) is 6.65. The first-order valence-electron chi connectivity index (χ1n) is 7.44. The van der Waals surface area contributed by atoms with E-state index in [1.807, 2.05) is 13.0 Å². The molecule has 0 spiro atoms. The minimum absolute atomic E-state index is 0.0673. The number of nitro groups is 1. The molecule has 1 saturated carbocycles. The number of anilines is 1. The van der Waals surface area contributed by atoms with Crippen molar-refractivity contribution in [3.8, 4) is 0 Å². The maximum atomic E-state index is 11.0. The van der Waals surface area contributed by atoms with Gasteiger partial charge in [0.05, 0.1) is 10.4 Å².